The molecule has 0 spiro atoms. The summed E-state index contributed by atoms with van der Waals surface area (Å²) in [5.74, 6) is -1.80. The summed E-state index contributed by atoms with van der Waals surface area (Å²) in [6.07, 6.45) is -0.189. The lowest BCUT2D eigenvalue weighted by molar-refractivity contribution is -0.136. The highest BCUT2D eigenvalue weighted by Crippen LogP contribution is 2.38. The van der Waals surface area contributed by atoms with E-state index in [2.05, 4.69) is 0 Å². The molecule has 2 aromatic carbocycles. The molecule has 0 atom stereocenters. The zero-order chi connectivity index (χ0) is 25.5. The molecule has 35 heavy (non-hydrogen) atoms. The standard InChI is InChI=1S/C28H28F2N2O3/c1-16-6-8-18(9-7-16)26-21(14-25(33)34)17(2)31-27-22(26)13-24(35-28(3,4)5)32(27)15-19-10-11-20(29)12-23(19)30/h6-13H,14-15H2,1-5H3,(H,33,34). The largest absolute Gasteiger partial charge is 0.481 e. The second-order valence-electron chi connectivity index (χ2n) is 9.74. The first-order valence-corrected chi connectivity index (χ1v) is 11.4. The fourth-order valence-corrected chi connectivity index (χ4v) is 4.18. The van der Waals surface area contributed by atoms with Gasteiger partial charge in [0.25, 0.3) is 0 Å². The minimum Gasteiger partial charge on any atom is -0.481 e. The molecular weight excluding hydrogens is 450 g/mol. The number of ether oxygens (including phenoxy) is 1. The predicted molar refractivity (Wildman–Crippen MR) is 132 cm³/mol. The number of carboxylic acid groups (broad SMARTS) is 1. The van der Waals surface area contributed by atoms with Crippen molar-refractivity contribution >= 4 is 17.0 Å². The van der Waals surface area contributed by atoms with Crippen LogP contribution in [-0.4, -0.2) is 26.2 Å². The molecule has 0 aliphatic carbocycles. The zero-order valence-corrected chi connectivity index (χ0v) is 20.4. The Labute approximate surface area is 203 Å². The lowest BCUT2D eigenvalue weighted by Crippen LogP contribution is -2.24. The summed E-state index contributed by atoms with van der Waals surface area (Å²) < 4.78 is 36.1. The normalized spacial score (nSPS) is 11.7. The number of carboxylic acids is 1. The maximum absolute atomic E-state index is 14.6. The molecule has 4 aromatic rings. The minimum absolute atomic E-state index is 0.0685. The van der Waals surface area contributed by atoms with E-state index in [1.165, 1.54) is 12.1 Å². The third-order valence-corrected chi connectivity index (χ3v) is 5.73. The highest BCUT2D eigenvalue weighted by molar-refractivity contribution is 5.98. The third kappa shape index (κ3) is 5.19. The summed E-state index contributed by atoms with van der Waals surface area (Å²) in [5.41, 5.74) is 4.14. The topological polar surface area (TPSA) is 64.3 Å². The maximum Gasteiger partial charge on any atom is 0.307 e. The van der Waals surface area contributed by atoms with Gasteiger partial charge in [-0.1, -0.05) is 35.9 Å². The van der Waals surface area contributed by atoms with Crippen molar-refractivity contribution in [3.63, 3.8) is 0 Å². The van der Waals surface area contributed by atoms with Crippen molar-refractivity contribution in [1.29, 1.82) is 0 Å². The molecular formula is C28H28F2N2O3. The van der Waals surface area contributed by atoms with Crippen molar-refractivity contribution in [2.24, 2.45) is 0 Å². The van der Waals surface area contributed by atoms with E-state index >= 15 is 0 Å². The van der Waals surface area contributed by atoms with E-state index in [1.54, 1.807) is 11.5 Å². The molecule has 0 radical (unpaired) electrons. The molecule has 0 saturated carbocycles. The number of hydrogen-bond acceptors (Lipinski definition) is 3. The number of rotatable bonds is 6. The van der Waals surface area contributed by atoms with Gasteiger partial charge in [0.1, 0.15) is 22.9 Å². The summed E-state index contributed by atoms with van der Waals surface area (Å²) in [4.78, 5) is 16.5. The van der Waals surface area contributed by atoms with Gasteiger partial charge in [-0.2, -0.15) is 0 Å². The molecule has 0 unspecified atom stereocenters. The molecule has 0 saturated heterocycles. The molecule has 2 aromatic heterocycles. The first kappa shape index (κ1) is 24.4. The number of halogens is 2. The van der Waals surface area contributed by atoms with Crippen LogP contribution in [0.3, 0.4) is 0 Å². The van der Waals surface area contributed by atoms with Gasteiger partial charge in [-0.05, 0) is 57.4 Å². The predicted octanol–water partition coefficient (Wildman–Crippen LogP) is 6.45. The number of aryl methyl sites for hydroxylation is 2. The number of fused-ring (bicyclic) bond motifs is 1. The Morgan fingerprint density at radius 3 is 2.34 bits per heavy atom. The highest BCUT2D eigenvalue weighted by Gasteiger charge is 2.24. The monoisotopic (exact) mass is 478 g/mol. The Balaban J connectivity index is 2.03. The van der Waals surface area contributed by atoms with Crippen molar-refractivity contribution in [3.05, 3.63) is 82.5 Å². The Bertz CT molecular complexity index is 1420. The first-order chi connectivity index (χ1) is 16.4. The molecule has 4 rings (SSSR count). The van der Waals surface area contributed by atoms with E-state index in [-0.39, 0.29) is 18.5 Å². The number of hydrogen-bond donors (Lipinski definition) is 1. The van der Waals surface area contributed by atoms with Crippen molar-refractivity contribution in [3.8, 4) is 17.0 Å². The Morgan fingerprint density at radius 2 is 1.74 bits per heavy atom. The van der Waals surface area contributed by atoms with Gasteiger partial charge < -0.3 is 9.84 Å². The van der Waals surface area contributed by atoms with Crippen LogP contribution in [0.1, 0.15) is 43.2 Å². The van der Waals surface area contributed by atoms with Crippen LogP contribution < -0.4 is 4.74 Å². The molecule has 0 amide bonds. The second-order valence-corrected chi connectivity index (χ2v) is 9.74. The van der Waals surface area contributed by atoms with Gasteiger partial charge in [-0.25, -0.2) is 13.8 Å². The first-order valence-electron chi connectivity index (χ1n) is 11.4. The number of nitrogens with zero attached hydrogens (tertiary/aromatic N) is 2. The van der Waals surface area contributed by atoms with Gasteiger partial charge in [0.05, 0.1) is 13.0 Å². The van der Waals surface area contributed by atoms with Crippen LogP contribution >= 0.6 is 0 Å². The van der Waals surface area contributed by atoms with Crippen molar-refractivity contribution < 1.29 is 23.4 Å². The van der Waals surface area contributed by atoms with E-state index < -0.39 is 23.2 Å². The zero-order valence-electron chi connectivity index (χ0n) is 20.4. The highest BCUT2D eigenvalue weighted by atomic mass is 19.1. The van der Waals surface area contributed by atoms with E-state index in [9.17, 15) is 18.7 Å². The van der Waals surface area contributed by atoms with Gasteiger partial charge in [0.2, 0.25) is 0 Å². The number of aromatic nitrogens is 2. The molecule has 7 heteroatoms. The molecule has 182 valence electrons. The van der Waals surface area contributed by atoms with Gasteiger partial charge in [-0.15, -0.1) is 0 Å². The van der Waals surface area contributed by atoms with Gasteiger partial charge >= 0.3 is 5.97 Å². The van der Waals surface area contributed by atoms with Crippen molar-refractivity contribution in [2.75, 3.05) is 0 Å². The van der Waals surface area contributed by atoms with Crippen molar-refractivity contribution in [2.45, 2.75) is 53.2 Å². The van der Waals surface area contributed by atoms with E-state index in [0.29, 0.717) is 28.2 Å². The van der Waals surface area contributed by atoms with Crippen molar-refractivity contribution in [1.82, 2.24) is 9.55 Å². The lowest BCUT2D eigenvalue weighted by atomic mass is 9.94. The van der Waals surface area contributed by atoms with E-state index in [4.69, 9.17) is 9.72 Å². The summed E-state index contributed by atoms with van der Waals surface area (Å²) >= 11 is 0. The maximum atomic E-state index is 14.6. The number of pyridine rings is 1. The van der Waals surface area contributed by atoms with Crippen LogP contribution in [0, 0.1) is 25.5 Å². The number of carbonyl (C=O) groups is 1. The summed E-state index contributed by atoms with van der Waals surface area (Å²) in [7, 11) is 0. The van der Waals surface area contributed by atoms with Crippen LogP contribution in [0.15, 0.2) is 48.5 Å². The lowest BCUT2D eigenvalue weighted by Gasteiger charge is -2.22. The second kappa shape index (κ2) is 9.13. The molecule has 5 nitrogen and oxygen atoms in total. The summed E-state index contributed by atoms with van der Waals surface area (Å²) in [6.45, 7) is 9.54. The molecule has 2 heterocycles. The van der Waals surface area contributed by atoms with Crippen LogP contribution in [0.4, 0.5) is 8.78 Å². The van der Waals surface area contributed by atoms with Gasteiger partial charge in [-0.3, -0.25) is 9.36 Å². The third-order valence-electron chi connectivity index (χ3n) is 5.73. The molecule has 0 aliphatic heterocycles. The fourth-order valence-electron chi connectivity index (χ4n) is 4.18. The SMILES string of the molecule is Cc1ccc(-c2c(CC(=O)O)c(C)nc3c2cc(OC(C)(C)C)n3Cc2ccc(F)cc2F)cc1. The van der Waals surface area contributed by atoms with Gasteiger partial charge in [0, 0.05) is 28.8 Å². The van der Waals surface area contributed by atoms with Crippen LogP contribution in [-0.2, 0) is 17.8 Å². The molecule has 1 N–H and O–H groups in total. The molecule has 0 aliphatic rings. The number of benzene rings is 2. The van der Waals surface area contributed by atoms with Gasteiger partial charge in [0.15, 0.2) is 5.88 Å². The molecule has 0 bridgehead atoms. The minimum atomic E-state index is -0.957. The number of aliphatic carboxylic acids is 1. The smallest absolute Gasteiger partial charge is 0.307 e. The average Bonchev–Trinajstić information content (AvgIpc) is 3.06. The molecule has 0 fully saturated rings. The Morgan fingerprint density at radius 1 is 1.06 bits per heavy atom. The quantitative estimate of drug-likeness (QED) is 0.346. The van der Waals surface area contributed by atoms with E-state index in [1.807, 2.05) is 58.0 Å². The Kier molecular flexibility index (Phi) is 6.36. The van der Waals surface area contributed by atoms with Crippen LogP contribution in [0.25, 0.3) is 22.2 Å². The van der Waals surface area contributed by atoms with Crippen LogP contribution in [0.2, 0.25) is 0 Å². The Hall–Kier alpha value is -3.74. The van der Waals surface area contributed by atoms with E-state index in [0.717, 1.165) is 22.8 Å². The summed E-state index contributed by atoms with van der Waals surface area (Å²) in [5, 5.41) is 10.3. The average molecular weight is 479 g/mol. The summed E-state index contributed by atoms with van der Waals surface area (Å²) in [6, 6.07) is 13.2. The van der Waals surface area contributed by atoms with Crippen LogP contribution in [0.5, 0.6) is 5.88 Å². The fraction of sp³-hybridized carbons (Fsp3) is 0.286.